The summed E-state index contributed by atoms with van der Waals surface area (Å²) in [7, 11) is 0. The summed E-state index contributed by atoms with van der Waals surface area (Å²) < 4.78 is 5.17. The van der Waals surface area contributed by atoms with Gasteiger partial charge in [-0.3, -0.25) is 0 Å². The summed E-state index contributed by atoms with van der Waals surface area (Å²) >= 11 is 0. The lowest BCUT2D eigenvalue weighted by atomic mass is 10.2. The van der Waals surface area contributed by atoms with Crippen LogP contribution in [0.3, 0.4) is 0 Å². The lowest BCUT2D eigenvalue weighted by Crippen LogP contribution is -2.23. The Balaban J connectivity index is 2.24. The first kappa shape index (κ1) is 12.0. The lowest BCUT2D eigenvalue weighted by molar-refractivity contribution is -0.174. The standard InChI is InChI=1S/C13H18O2/c1-13(2,14)15-11-7-6-10-12-8-4-3-5-9-12/h3-6,8-10,14H,7,11H2,1-2H3/b10-6+. The van der Waals surface area contributed by atoms with E-state index in [1.165, 1.54) is 5.56 Å². The molecule has 0 aromatic heterocycles. The van der Waals surface area contributed by atoms with Crippen molar-refractivity contribution < 1.29 is 9.84 Å². The van der Waals surface area contributed by atoms with Gasteiger partial charge in [-0.2, -0.15) is 0 Å². The molecule has 0 saturated carbocycles. The van der Waals surface area contributed by atoms with Gasteiger partial charge in [-0.25, -0.2) is 0 Å². The highest BCUT2D eigenvalue weighted by atomic mass is 16.6. The van der Waals surface area contributed by atoms with Crippen LogP contribution < -0.4 is 0 Å². The van der Waals surface area contributed by atoms with Gasteiger partial charge in [0.25, 0.3) is 0 Å². The highest BCUT2D eigenvalue weighted by molar-refractivity contribution is 5.48. The molecule has 0 unspecified atom stereocenters. The van der Waals surface area contributed by atoms with Gasteiger partial charge in [0.05, 0.1) is 6.61 Å². The molecule has 0 spiro atoms. The van der Waals surface area contributed by atoms with Crippen LogP contribution in [-0.4, -0.2) is 17.5 Å². The van der Waals surface area contributed by atoms with E-state index in [0.717, 1.165) is 6.42 Å². The average molecular weight is 206 g/mol. The summed E-state index contributed by atoms with van der Waals surface area (Å²) in [6, 6.07) is 10.1. The van der Waals surface area contributed by atoms with Crippen LogP contribution in [0.15, 0.2) is 36.4 Å². The molecular weight excluding hydrogens is 188 g/mol. The second kappa shape index (κ2) is 5.69. The quantitative estimate of drug-likeness (QED) is 0.593. The van der Waals surface area contributed by atoms with Crippen molar-refractivity contribution in [2.75, 3.05) is 6.61 Å². The van der Waals surface area contributed by atoms with Crippen molar-refractivity contribution >= 4 is 6.08 Å². The molecule has 0 fully saturated rings. The van der Waals surface area contributed by atoms with E-state index in [1.807, 2.05) is 42.5 Å². The molecule has 0 aliphatic rings. The second-order valence-electron chi connectivity index (χ2n) is 3.90. The van der Waals surface area contributed by atoms with Crippen LogP contribution in [0, 0.1) is 0 Å². The molecular formula is C13H18O2. The van der Waals surface area contributed by atoms with Crippen molar-refractivity contribution in [3.8, 4) is 0 Å². The second-order valence-corrected chi connectivity index (χ2v) is 3.90. The van der Waals surface area contributed by atoms with Gasteiger partial charge in [0.1, 0.15) is 0 Å². The highest BCUT2D eigenvalue weighted by Crippen LogP contribution is 2.05. The predicted molar refractivity (Wildman–Crippen MR) is 62.3 cm³/mol. The van der Waals surface area contributed by atoms with Gasteiger partial charge in [0.15, 0.2) is 5.79 Å². The molecule has 1 aromatic rings. The van der Waals surface area contributed by atoms with Crippen LogP contribution in [0.5, 0.6) is 0 Å². The highest BCUT2D eigenvalue weighted by Gasteiger charge is 2.10. The van der Waals surface area contributed by atoms with Crippen molar-refractivity contribution in [3.05, 3.63) is 42.0 Å². The Morgan fingerprint density at radius 2 is 1.93 bits per heavy atom. The fraction of sp³-hybridized carbons (Fsp3) is 0.385. The van der Waals surface area contributed by atoms with E-state index in [2.05, 4.69) is 0 Å². The number of rotatable bonds is 5. The third-order valence-corrected chi connectivity index (χ3v) is 1.85. The molecule has 2 nitrogen and oxygen atoms in total. The average Bonchev–Trinajstić information content (AvgIpc) is 2.17. The van der Waals surface area contributed by atoms with E-state index in [4.69, 9.17) is 4.74 Å². The van der Waals surface area contributed by atoms with Gasteiger partial charge in [-0.1, -0.05) is 42.5 Å². The van der Waals surface area contributed by atoms with E-state index < -0.39 is 5.79 Å². The monoisotopic (exact) mass is 206 g/mol. The summed E-state index contributed by atoms with van der Waals surface area (Å²) in [6.07, 6.45) is 4.90. The number of hydrogen-bond donors (Lipinski definition) is 1. The van der Waals surface area contributed by atoms with Crippen LogP contribution in [0.25, 0.3) is 6.08 Å². The van der Waals surface area contributed by atoms with E-state index in [0.29, 0.717) is 6.61 Å². The van der Waals surface area contributed by atoms with E-state index >= 15 is 0 Å². The van der Waals surface area contributed by atoms with Crippen LogP contribution in [0.2, 0.25) is 0 Å². The fourth-order valence-electron chi connectivity index (χ4n) is 1.16. The number of hydrogen-bond acceptors (Lipinski definition) is 2. The zero-order chi connectivity index (χ0) is 11.1. The van der Waals surface area contributed by atoms with Crippen molar-refractivity contribution in [3.63, 3.8) is 0 Å². The Bertz CT molecular complexity index is 296. The molecule has 1 rings (SSSR count). The van der Waals surface area contributed by atoms with Crippen molar-refractivity contribution in [1.29, 1.82) is 0 Å². The summed E-state index contributed by atoms with van der Waals surface area (Å²) in [5, 5.41) is 9.29. The first-order valence-electron chi connectivity index (χ1n) is 5.16. The summed E-state index contributed by atoms with van der Waals surface area (Å²) in [6.45, 7) is 3.80. The molecule has 0 aliphatic heterocycles. The Labute approximate surface area is 91.2 Å². The third kappa shape index (κ3) is 6.05. The molecule has 82 valence electrons. The lowest BCUT2D eigenvalue weighted by Gasteiger charge is -2.17. The first-order chi connectivity index (χ1) is 7.08. The van der Waals surface area contributed by atoms with E-state index in [1.54, 1.807) is 13.8 Å². The van der Waals surface area contributed by atoms with Gasteiger partial charge in [0.2, 0.25) is 0 Å². The molecule has 0 atom stereocenters. The number of benzene rings is 1. The molecule has 0 bridgehead atoms. The zero-order valence-electron chi connectivity index (χ0n) is 9.31. The van der Waals surface area contributed by atoms with Crippen LogP contribution in [-0.2, 0) is 4.74 Å². The van der Waals surface area contributed by atoms with Gasteiger partial charge in [-0.15, -0.1) is 0 Å². The Morgan fingerprint density at radius 1 is 1.27 bits per heavy atom. The minimum atomic E-state index is -1.03. The maximum Gasteiger partial charge on any atom is 0.159 e. The molecule has 15 heavy (non-hydrogen) atoms. The molecule has 2 heteroatoms. The largest absolute Gasteiger partial charge is 0.366 e. The van der Waals surface area contributed by atoms with Gasteiger partial charge in [0, 0.05) is 0 Å². The molecule has 1 aromatic carbocycles. The Morgan fingerprint density at radius 3 is 2.53 bits per heavy atom. The maximum absolute atomic E-state index is 9.29. The number of ether oxygens (including phenoxy) is 1. The van der Waals surface area contributed by atoms with Crippen LogP contribution in [0.1, 0.15) is 25.8 Å². The molecule has 0 radical (unpaired) electrons. The van der Waals surface area contributed by atoms with Crippen LogP contribution >= 0.6 is 0 Å². The van der Waals surface area contributed by atoms with Crippen LogP contribution in [0.4, 0.5) is 0 Å². The fourth-order valence-corrected chi connectivity index (χ4v) is 1.16. The summed E-state index contributed by atoms with van der Waals surface area (Å²) in [5.41, 5.74) is 1.18. The third-order valence-electron chi connectivity index (χ3n) is 1.85. The predicted octanol–water partition coefficient (Wildman–Crippen LogP) is 2.83. The van der Waals surface area contributed by atoms with E-state index in [-0.39, 0.29) is 0 Å². The summed E-state index contributed by atoms with van der Waals surface area (Å²) in [4.78, 5) is 0. The Kier molecular flexibility index (Phi) is 4.53. The van der Waals surface area contributed by atoms with Crippen molar-refractivity contribution in [2.45, 2.75) is 26.1 Å². The van der Waals surface area contributed by atoms with Crippen molar-refractivity contribution in [2.24, 2.45) is 0 Å². The SMILES string of the molecule is CC(C)(O)OCC/C=C/c1ccccc1. The summed E-state index contributed by atoms with van der Waals surface area (Å²) in [5.74, 6) is -1.03. The zero-order valence-corrected chi connectivity index (χ0v) is 9.31. The normalized spacial score (nSPS) is 12.2. The molecule has 0 amide bonds. The first-order valence-corrected chi connectivity index (χ1v) is 5.16. The smallest absolute Gasteiger partial charge is 0.159 e. The minimum absolute atomic E-state index is 0.535. The molecule has 1 N–H and O–H groups in total. The molecule has 0 heterocycles. The van der Waals surface area contributed by atoms with Gasteiger partial charge < -0.3 is 9.84 Å². The maximum atomic E-state index is 9.29. The minimum Gasteiger partial charge on any atom is -0.366 e. The topological polar surface area (TPSA) is 29.5 Å². The van der Waals surface area contributed by atoms with Crippen molar-refractivity contribution in [1.82, 2.24) is 0 Å². The Hall–Kier alpha value is -1.12. The van der Waals surface area contributed by atoms with E-state index in [9.17, 15) is 5.11 Å². The molecule has 0 saturated heterocycles. The van der Waals surface area contributed by atoms with Gasteiger partial charge in [-0.05, 0) is 25.8 Å². The molecule has 0 aliphatic carbocycles. The van der Waals surface area contributed by atoms with Gasteiger partial charge >= 0.3 is 0 Å². The number of aliphatic hydroxyl groups is 1.